The van der Waals surface area contributed by atoms with Crippen molar-refractivity contribution in [1.29, 1.82) is 0 Å². The van der Waals surface area contributed by atoms with Crippen molar-refractivity contribution in [2.45, 2.75) is 57.8 Å². The number of halogens is 2. The Morgan fingerprint density at radius 2 is 1.43 bits per heavy atom. The van der Waals surface area contributed by atoms with Crippen molar-refractivity contribution in [2.75, 3.05) is 47.0 Å². The van der Waals surface area contributed by atoms with Gasteiger partial charge in [0.15, 0.2) is 0 Å². The van der Waals surface area contributed by atoms with E-state index in [1.807, 2.05) is 59.5 Å². The lowest BCUT2D eigenvalue weighted by Gasteiger charge is -2.32. The van der Waals surface area contributed by atoms with E-state index in [9.17, 15) is 9.59 Å². The van der Waals surface area contributed by atoms with Gasteiger partial charge in [0.2, 0.25) is 17.7 Å². The number of aliphatic hydroxyl groups excluding tert-OH is 1. The third-order valence-electron chi connectivity index (χ3n) is 10.2. The zero-order valence-corrected chi connectivity index (χ0v) is 31.8. The van der Waals surface area contributed by atoms with Gasteiger partial charge in [-0.2, -0.15) is 0 Å². The third kappa shape index (κ3) is 8.93. The summed E-state index contributed by atoms with van der Waals surface area (Å²) in [5.41, 5.74) is 6.26. The highest BCUT2D eigenvalue weighted by atomic mass is 35.5. The fraction of sp³-hybridized carbons (Fsp3) is 0.400. The summed E-state index contributed by atoms with van der Waals surface area (Å²) >= 11 is 14.2. The number of nitrogens with one attached hydrogen (secondary N) is 2. The average Bonchev–Trinajstić information content (AvgIpc) is 3.19. The van der Waals surface area contributed by atoms with E-state index in [4.69, 9.17) is 42.8 Å². The fourth-order valence-electron chi connectivity index (χ4n) is 7.10. The molecule has 2 aliphatic heterocycles. The Balaban J connectivity index is 1.17. The van der Waals surface area contributed by atoms with Crippen LogP contribution in [0, 0.1) is 0 Å². The van der Waals surface area contributed by atoms with Crippen molar-refractivity contribution in [3.8, 4) is 45.3 Å². The summed E-state index contributed by atoms with van der Waals surface area (Å²) in [4.78, 5) is 36.6. The molecule has 4 aromatic rings. The number of pyridine rings is 2. The van der Waals surface area contributed by atoms with Crippen molar-refractivity contribution in [3.63, 3.8) is 0 Å². The summed E-state index contributed by atoms with van der Waals surface area (Å²) in [6.07, 6.45) is 5.18. The summed E-state index contributed by atoms with van der Waals surface area (Å²) in [6, 6.07) is 18.1. The van der Waals surface area contributed by atoms with Crippen LogP contribution in [0.2, 0.25) is 10.0 Å². The van der Waals surface area contributed by atoms with Crippen molar-refractivity contribution < 1.29 is 24.2 Å². The lowest BCUT2D eigenvalue weighted by Crippen LogP contribution is -2.45. The van der Waals surface area contributed by atoms with Gasteiger partial charge in [0, 0.05) is 97.9 Å². The minimum absolute atomic E-state index is 0.129. The monoisotopic (exact) mass is 760 g/mol. The Hall–Kier alpha value is -4.26. The fourth-order valence-corrected chi connectivity index (χ4v) is 7.75. The smallest absolute Gasteiger partial charge is 0.248 e. The molecule has 0 unspecified atom stereocenters. The van der Waals surface area contributed by atoms with Crippen LogP contribution in [-0.4, -0.2) is 95.8 Å². The van der Waals surface area contributed by atoms with Gasteiger partial charge in [0.1, 0.15) is 12.4 Å². The van der Waals surface area contributed by atoms with Crippen molar-refractivity contribution in [3.05, 3.63) is 82.0 Å². The maximum absolute atomic E-state index is 11.8. The first-order valence-corrected chi connectivity index (χ1v) is 18.7. The Labute approximate surface area is 320 Å². The maximum atomic E-state index is 11.8. The molecule has 0 atom stereocenters. The quantitative estimate of drug-likeness (QED) is 0.160. The number of carbonyl (C=O) groups excluding carboxylic acids is 2. The molecule has 0 radical (unpaired) electrons. The highest BCUT2D eigenvalue weighted by molar-refractivity contribution is 6.39. The number of hydrogen-bond acceptors (Lipinski definition) is 9. The van der Waals surface area contributed by atoms with E-state index in [1.165, 1.54) is 0 Å². The molecule has 2 aromatic heterocycles. The van der Waals surface area contributed by atoms with E-state index in [0.29, 0.717) is 59.5 Å². The van der Waals surface area contributed by atoms with E-state index < -0.39 is 6.61 Å². The van der Waals surface area contributed by atoms with Gasteiger partial charge in [-0.25, -0.2) is 4.98 Å². The van der Waals surface area contributed by atoms with Gasteiger partial charge in [-0.15, -0.1) is 0 Å². The zero-order valence-electron chi connectivity index (χ0n) is 30.3. The van der Waals surface area contributed by atoms with Crippen LogP contribution in [0.15, 0.2) is 60.8 Å². The molecular formula is C40H46Cl2N6O5. The van der Waals surface area contributed by atoms with Crippen LogP contribution in [0.25, 0.3) is 33.6 Å². The molecular weight excluding hydrogens is 715 g/mol. The van der Waals surface area contributed by atoms with Crippen molar-refractivity contribution in [1.82, 2.24) is 30.4 Å². The first-order chi connectivity index (χ1) is 25.7. The second kappa shape index (κ2) is 17.7. The predicted octanol–water partition coefficient (Wildman–Crippen LogP) is 5.98. The Morgan fingerprint density at radius 1 is 0.811 bits per heavy atom. The number of amides is 2. The number of nitrogens with zero attached hydrogens (tertiary/aromatic N) is 4. The van der Waals surface area contributed by atoms with Crippen LogP contribution >= 0.6 is 23.2 Å². The van der Waals surface area contributed by atoms with Crippen LogP contribution in [0.4, 0.5) is 0 Å². The van der Waals surface area contributed by atoms with Gasteiger partial charge in [0.05, 0.1) is 35.7 Å². The van der Waals surface area contributed by atoms with Crippen LogP contribution in [0.1, 0.15) is 43.7 Å². The summed E-state index contributed by atoms with van der Waals surface area (Å²) in [5.74, 6) is 1.14. The number of piperidine rings is 2. The number of likely N-dealkylation sites (tertiary alicyclic amines) is 2. The highest BCUT2D eigenvalue weighted by Gasteiger charge is 2.24. The van der Waals surface area contributed by atoms with Gasteiger partial charge in [0.25, 0.3) is 0 Å². The Bertz CT molecular complexity index is 1930. The first kappa shape index (κ1) is 38.5. The molecule has 3 N–H and O–H groups in total. The molecule has 0 saturated carbocycles. The molecule has 0 spiro atoms. The van der Waals surface area contributed by atoms with Crippen LogP contribution in [0.5, 0.6) is 11.6 Å². The van der Waals surface area contributed by atoms with E-state index in [1.54, 1.807) is 32.2 Å². The van der Waals surface area contributed by atoms with Crippen molar-refractivity contribution in [2.24, 2.45) is 0 Å². The summed E-state index contributed by atoms with van der Waals surface area (Å²) in [7, 11) is 3.26. The minimum Gasteiger partial charge on any atom is -0.496 e. The molecule has 53 heavy (non-hydrogen) atoms. The van der Waals surface area contributed by atoms with E-state index in [-0.39, 0.29) is 17.9 Å². The Morgan fingerprint density at radius 3 is 2.08 bits per heavy atom. The minimum atomic E-state index is -0.453. The van der Waals surface area contributed by atoms with Crippen LogP contribution in [0.3, 0.4) is 0 Å². The number of aliphatic hydroxyl groups is 1. The topological polar surface area (TPSA) is 129 Å². The summed E-state index contributed by atoms with van der Waals surface area (Å²) < 4.78 is 11.5. The number of benzene rings is 2. The zero-order chi connectivity index (χ0) is 37.5. The maximum Gasteiger partial charge on any atom is 0.248 e. The number of carbonyl (C=O) groups is 2. The molecule has 4 heterocycles. The van der Waals surface area contributed by atoms with Gasteiger partial charge in [-0.05, 0) is 43.9 Å². The van der Waals surface area contributed by atoms with Crippen LogP contribution < -0.4 is 20.1 Å². The molecule has 2 aliphatic rings. The lowest BCUT2D eigenvalue weighted by molar-refractivity contribution is -0.135. The highest BCUT2D eigenvalue weighted by Crippen LogP contribution is 2.42. The lowest BCUT2D eigenvalue weighted by atomic mass is 9.99. The Kier molecular flexibility index (Phi) is 12.9. The van der Waals surface area contributed by atoms with E-state index >= 15 is 0 Å². The molecule has 2 amide bonds. The molecule has 280 valence electrons. The summed E-state index contributed by atoms with van der Waals surface area (Å²) in [5, 5.41) is 17.3. The number of ether oxygens (including phenoxy) is 2. The number of rotatable bonds is 12. The molecule has 2 fully saturated rings. The standard InChI is InChI=1S/C40H46Cl2N6O5/c1-25(50)47-17-12-29(13-18-47)44-22-27-8-7-26(21-35(27)52-2)39-38(42)32(11-16-43-39)31-5-4-6-33(37(31)41)34-10-9-28(40(46-34)53-3)23-45-30-14-19-48(20-15-30)36(51)24-49/h4-11,16,21,29-30,44-45,49H,12-15,17-20,22-24H2,1-3H3. The second-order valence-electron chi connectivity index (χ2n) is 13.4. The normalized spacial score (nSPS) is 15.4. The molecule has 2 aromatic carbocycles. The van der Waals surface area contributed by atoms with Crippen molar-refractivity contribution >= 4 is 35.0 Å². The predicted molar refractivity (Wildman–Crippen MR) is 207 cm³/mol. The third-order valence-corrected chi connectivity index (χ3v) is 11.0. The SMILES string of the molecule is COc1cc(-c2nccc(-c3cccc(-c4ccc(CNC5CCN(C(=O)CO)CC5)c(OC)n4)c3Cl)c2Cl)ccc1CNC1CCN(C(C)=O)CC1. The summed E-state index contributed by atoms with van der Waals surface area (Å²) in [6.45, 7) is 5.14. The molecule has 2 saturated heterocycles. The second-order valence-corrected chi connectivity index (χ2v) is 14.2. The van der Waals surface area contributed by atoms with Crippen LogP contribution in [-0.2, 0) is 22.7 Å². The number of methoxy groups -OCH3 is 2. The molecule has 11 nitrogen and oxygen atoms in total. The molecule has 0 bridgehead atoms. The molecule has 13 heteroatoms. The molecule has 0 aliphatic carbocycles. The largest absolute Gasteiger partial charge is 0.496 e. The molecule has 6 rings (SSSR count). The van der Waals surface area contributed by atoms with E-state index in [0.717, 1.165) is 77.9 Å². The van der Waals surface area contributed by atoms with Gasteiger partial charge in [-0.3, -0.25) is 14.6 Å². The number of hydrogen-bond donors (Lipinski definition) is 3. The van der Waals surface area contributed by atoms with Gasteiger partial charge < -0.3 is 35.0 Å². The van der Waals surface area contributed by atoms with E-state index in [2.05, 4.69) is 15.6 Å². The van der Waals surface area contributed by atoms with Gasteiger partial charge >= 0.3 is 0 Å². The first-order valence-electron chi connectivity index (χ1n) is 18.0. The van der Waals surface area contributed by atoms with Gasteiger partial charge in [-0.1, -0.05) is 59.6 Å². The number of aromatic nitrogens is 2. The average molecular weight is 762 g/mol.